The minimum Gasteiger partial charge on any atom is -0.508 e. The molecule has 0 saturated carbocycles. The van der Waals surface area contributed by atoms with Crippen molar-refractivity contribution in [3.05, 3.63) is 23.8 Å². The summed E-state index contributed by atoms with van der Waals surface area (Å²) in [5.41, 5.74) is 0.527. The van der Waals surface area contributed by atoms with E-state index in [4.69, 9.17) is 5.11 Å². The van der Waals surface area contributed by atoms with Crippen LogP contribution < -0.4 is 0 Å². The second kappa shape index (κ2) is 5.16. The van der Waals surface area contributed by atoms with Crippen LogP contribution in [0.5, 0.6) is 11.5 Å². The van der Waals surface area contributed by atoms with Gasteiger partial charge in [0.1, 0.15) is 24.0 Å². The molecule has 4 N–H and O–H groups in total. The first-order valence-electron chi connectivity index (χ1n) is 5.04. The van der Waals surface area contributed by atoms with E-state index in [0.717, 1.165) is 0 Å². The fraction of sp³-hybridized carbons (Fsp3) is 0.455. The molecule has 0 amide bonds. The Bertz CT molecular complexity index is 344. The predicted octanol–water partition coefficient (Wildman–Crippen LogP) is 0.576. The predicted molar refractivity (Wildman–Crippen MR) is 58.7 cm³/mol. The first-order valence-corrected chi connectivity index (χ1v) is 5.04. The number of aliphatic hydroxyl groups is 2. The second-order valence-electron chi connectivity index (χ2n) is 3.75. The summed E-state index contributed by atoms with van der Waals surface area (Å²) in [5.74, 6) is -0.0896. The van der Waals surface area contributed by atoms with Crippen LogP contribution in [0.15, 0.2) is 18.2 Å². The van der Waals surface area contributed by atoms with E-state index in [-0.39, 0.29) is 18.0 Å². The standard InChI is InChI=1S/C11H17NO4/c1-7(13)12(8(2)14)6-9-3-4-10(15)5-11(9)16/h3-5,7-8,13-16H,6H2,1-2H3. The van der Waals surface area contributed by atoms with Gasteiger partial charge in [-0.3, -0.25) is 0 Å². The van der Waals surface area contributed by atoms with Crippen LogP contribution in [0.4, 0.5) is 0 Å². The van der Waals surface area contributed by atoms with Gasteiger partial charge in [0.2, 0.25) is 0 Å². The first-order chi connectivity index (χ1) is 7.41. The molecule has 1 aromatic rings. The maximum Gasteiger partial charge on any atom is 0.123 e. The average Bonchev–Trinajstić information content (AvgIpc) is 2.15. The lowest BCUT2D eigenvalue weighted by atomic mass is 10.1. The third-order valence-electron chi connectivity index (χ3n) is 2.38. The lowest BCUT2D eigenvalue weighted by Gasteiger charge is -2.28. The van der Waals surface area contributed by atoms with Gasteiger partial charge in [-0.05, 0) is 19.9 Å². The van der Waals surface area contributed by atoms with E-state index in [9.17, 15) is 15.3 Å². The van der Waals surface area contributed by atoms with Gasteiger partial charge in [-0.25, -0.2) is 4.90 Å². The molecule has 0 radical (unpaired) electrons. The van der Waals surface area contributed by atoms with Crippen molar-refractivity contribution in [3.63, 3.8) is 0 Å². The van der Waals surface area contributed by atoms with E-state index < -0.39 is 12.5 Å². The molecule has 5 nitrogen and oxygen atoms in total. The zero-order chi connectivity index (χ0) is 12.3. The SMILES string of the molecule is CC(O)N(Cc1ccc(O)cc1O)C(C)O. The summed E-state index contributed by atoms with van der Waals surface area (Å²) in [6.07, 6.45) is -1.65. The van der Waals surface area contributed by atoms with E-state index in [0.29, 0.717) is 5.56 Å². The van der Waals surface area contributed by atoms with Crippen molar-refractivity contribution in [1.82, 2.24) is 4.90 Å². The van der Waals surface area contributed by atoms with Gasteiger partial charge in [0.15, 0.2) is 0 Å². The maximum atomic E-state index is 9.55. The fourth-order valence-electron chi connectivity index (χ4n) is 1.46. The van der Waals surface area contributed by atoms with Gasteiger partial charge < -0.3 is 20.4 Å². The maximum absolute atomic E-state index is 9.55. The highest BCUT2D eigenvalue weighted by atomic mass is 16.3. The molecule has 5 heteroatoms. The van der Waals surface area contributed by atoms with Crippen LogP contribution in [-0.4, -0.2) is 37.8 Å². The quantitative estimate of drug-likeness (QED) is 0.565. The molecule has 1 aromatic carbocycles. The van der Waals surface area contributed by atoms with Crippen LogP contribution in [0.25, 0.3) is 0 Å². The largest absolute Gasteiger partial charge is 0.508 e. The zero-order valence-electron chi connectivity index (χ0n) is 9.33. The average molecular weight is 227 g/mol. The third kappa shape index (κ3) is 3.10. The molecule has 0 aliphatic rings. The van der Waals surface area contributed by atoms with Gasteiger partial charge in [0.25, 0.3) is 0 Å². The summed E-state index contributed by atoms with van der Waals surface area (Å²) in [4.78, 5) is 1.39. The van der Waals surface area contributed by atoms with E-state index in [1.54, 1.807) is 6.07 Å². The summed E-state index contributed by atoms with van der Waals surface area (Å²) in [7, 11) is 0. The minimum atomic E-state index is -0.826. The number of aromatic hydroxyl groups is 2. The summed E-state index contributed by atoms with van der Waals surface area (Å²) in [5, 5.41) is 37.5. The number of aliphatic hydroxyl groups excluding tert-OH is 2. The molecule has 0 bridgehead atoms. The van der Waals surface area contributed by atoms with Gasteiger partial charge in [-0.1, -0.05) is 6.07 Å². The summed E-state index contributed by atoms with van der Waals surface area (Å²) >= 11 is 0. The number of phenolic OH excluding ortho intramolecular Hbond substituents is 2. The highest BCUT2D eigenvalue weighted by Crippen LogP contribution is 2.24. The van der Waals surface area contributed by atoms with Crippen LogP contribution in [0, 0.1) is 0 Å². The lowest BCUT2D eigenvalue weighted by Crippen LogP contribution is -2.39. The molecule has 2 unspecified atom stereocenters. The first kappa shape index (κ1) is 12.8. The van der Waals surface area contributed by atoms with Crippen LogP contribution in [0.3, 0.4) is 0 Å². The highest BCUT2D eigenvalue weighted by molar-refractivity contribution is 5.38. The summed E-state index contributed by atoms with van der Waals surface area (Å²) in [6, 6.07) is 4.21. The van der Waals surface area contributed by atoms with Crippen LogP contribution in [-0.2, 0) is 6.54 Å². The Morgan fingerprint density at radius 3 is 2.12 bits per heavy atom. The van der Waals surface area contributed by atoms with E-state index in [1.165, 1.54) is 30.9 Å². The number of benzene rings is 1. The molecule has 0 heterocycles. The molecule has 16 heavy (non-hydrogen) atoms. The Hall–Kier alpha value is -1.30. The summed E-state index contributed by atoms with van der Waals surface area (Å²) in [6.45, 7) is 3.26. The Kier molecular flexibility index (Phi) is 4.12. The normalized spacial score (nSPS) is 15.1. The van der Waals surface area contributed by atoms with Gasteiger partial charge in [0.05, 0.1) is 0 Å². The molecule has 0 saturated heterocycles. The van der Waals surface area contributed by atoms with Crippen LogP contribution in [0.2, 0.25) is 0 Å². The molecular weight excluding hydrogens is 210 g/mol. The molecule has 0 aliphatic carbocycles. The highest BCUT2D eigenvalue weighted by Gasteiger charge is 2.17. The van der Waals surface area contributed by atoms with Crippen molar-refractivity contribution in [2.24, 2.45) is 0 Å². The van der Waals surface area contributed by atoms with Crippen molar-refractivity contribution in [1.29, 1.82) is 0 Å². The van der Waals surface area contributed by atoms with Gasteiger partial charge in [-0.15, -0.1) is 0 Å². The van der Waals surface area contributed by atoms with Crippen molar-refractivity contribution in [2.45, 2.75) is 32.8 Å². The smallest absolute Gasteiger partial charge is 0.123 e. The Morgan fingerprint density at radius 2 is 1.69 bits per heavy atom. The van der Waals surface area contributed by atoms with Crippen molar-refractivity contribution >= 4 is 0 Å². The fourth-order valence-corrected chi connectivity index (χ4v) is 1.46. The Labute approximate surface area is 94.2 Å². The van der Waals surface area contributed by atoms with Crippen molar-refractivity contribution in [3.8, 4) is 11.5 Å². The topological polar surface area (TPSA) is 84.2 Å². The molecule has 1 rings (SSSR count). The van der Waals surface area contributed by atoms with Gasteiger partial charge >= 0.3 is 0 Å². The van der Waals surface area contributed by atoms with E-state index in [2.05, 4.69) is 0 Å². The third-order valence-corrected chi connectivity index (χ3v) is 2.38. The molecule has 0 spiro atoms. The number of phenols is 2. The van der Waals surface area contributed by atoms with Gasteiger partial charge in [0, 0.05) is 18.2 Å². The second-order valence-corrected chi connectivity index (χ2v) is 3.75. The lowest BCUT2D eigenvalue weighted by molar-refractivity contribution is -0.0899. The minimum absolute atomic E-state index is 0.0260. The molecule has 90 valence electrons. The number of rotatable bonds is 4. The zero-order valence-corrected chi connectivity index (χ0v) is 9.33. The van der Waals surface area contributed by atoms with Crippen molar-refractivity contribution < 1.29 is 20.4 Å². The number of hydrogen-bond acceptors (Lipinski definition) is 5. The van der Waals surface area contributed by atoms with E-state index in [1.807, 2.05) is 0 Å². The summed E-state index contributed by atoms with van der Waals surface area (Å²) < 4.78 is 0. The number of hydrogen-bond donors (Lipinski definition) is 4. The molecular formula is C11H17NO4. The van der Waals surface area contributed by atoms with Crippen molar-refractivity contribution in [2.75, 3.05) is 0 Å². The van der Waals surface area contributed by atoms with E-state index >= 15 is 0 Å². The molecule has 0 fully saturated rings. The Balaban J connectivity index is 2.85. The molecule has 2 atom stereocenters. The monoisotopic (exact) mass is 227 g/mol. The molecule has 0 aromatic heterocycles. The van der Waals surface area contributed by atoms with Crippen LogP contribution in [0.1, 0.15) is 19.4 Å². The Morgan fingerprint density at radius 1 is 1.12 bits per heavy atom. The molecule has 0 aliphatic heterocycles. The van der Waals surface area contributed by atoms with Gasteiger partial charge in [-0.2, -0.15) is 0 Å². The number of nitrogens with zero attached hydrogens (tertiary/aromatic N) is 1. The van der Waals surface area contributed by atoms with Crippen LogP contribution >= 0.6 is 0 Å².